The lowest BCUT2D eigenvalue weighted by molar-refractivity contribution is -0.156. The van der Waals surface area contributed by atoms with Gasteiger partial charge in [-0.05, 0) is 24.6 Å². The van der Waals surface area contributed by atoms with Crippen LogP contribution in [0.2, 0.25) is 0 Å². The summed E-state index contributed by atoms with van der Waals surface area (Å²) in [4.78, 5) is 24.7. The van der Waals surface area contributed by atoms with Crippen molar-refractivity contribution >= 4 is 17.6 Å². The van der Waals surface area contributed by atoms with Crippen LogP contribution in [0.4, 0.5) is 5.69 Å². The SMILES string of the molecule is COC(=O)C[C@@H]1C[C@H]2c3cc(ccc3OC3CCOCC3)NC(=O)[C@H]2[C@H](CO)O1. The number of nitrogens with one attached hydrogen (secondary N) is 1. The number of hydrogen-bond donors (Lipinski definition) is 2. The molecule has 2 bridgehead atoms. The fraction of sp³-hybridized carbons (Fsp3) is 0.619. The quantitative estimate of drug-likeness (QED) is 0.718. The smallest absolute Gasteiger partial charge is 0.308 e. The summed E-state index contributed by atoms with van der Waals surface area (Å²) in [6.07, 6.45) is 1.11. The Morgan fingerprint density at radius 3 is 2.83 bits per heavy atom. The lowest BCUT2D eigenvalue weighted by Crippen LogP contribution is -2.47. The van der Waals surface area contributed by atoms with Crippen LogP contribution >= 0.6 is 0 Å². The first-order valence-electron chi connectivity index (χ1n) is 10.1. The summed E-state index contributed by atoms with van der Waals surface area (Å²) in [5, 5.41) is 12.8. The monoisotopic (exact) mass is 405 g/mol. The minimum absolute atomic E-state index is 0.0653. The van der Waals surface area contributed by atoms with E-state index < -0.39 is 18.1 Å². The number of methoxy groups -OCH3 is 1. The third-order valence-electron chi connectivity index (χ3n) is 5.96. The van der Waals surface area contributed by atoms with Crippen LogP contribution in [0.25, 0.3) is 0 Å². The second-order valence-electron chi connectivity index (χ2n) is 7.80. The average Bonchev–Trinajstić information content (AvgIpc) is 2.85. The predicted octanol–water partition coefficient (Wildman–Crippen LogP) is 1.61. The molecule has 4 atom stereocenters. The summed E-state index contributed by atoms with van der Waals surface area (Å²) >= 11 is 0. The molecular weight excluding hydrogens is 378 g/mol. The van der Waals surface area contributed by atoms with E-state index in [4.69, 9.17) is 18.9 Å². The van der Waals surface area contributed by atoms with E-state index in [9.17, 15) is 14.7 Å². The molecule has 2 saturated heterocycles. The normalized spacial score (nSPS) is 29.4. The minimum Gasteiger partial charge on any atom is -0.490 e. The Morgan fingerprint density at radius 1 is 1.31 bits per heavy atom. The highest BCUT2D eigenvalue weighted by atomic mass is 16.5. The predicted molar refractivity (Wildman–Crippen MR) is 103 cm³/mol. The lowest BCUT2D eigenvalue weighted by Gasteiger charge is -2.40. The Bertz CT molecular complexity index is 761. The average molecular weight is 405 g/mol. The van der Waals surface area contributed by atoms with Crippen molar-refractivity contribution in [2.45, 2.75) is 49.9 Å². The number of ether oxygens (including phenoxy) is 4. The van der Waals surface area contributed by atoms with E-state index in [0.29, 0.717) is 25.3 Å². The molecule has 8 nitrogen and oxygen atoms in total. The molecule has 3 aliphatic heterocycles. The van der Waals surface area contributed by atoms with Crippen molar-refractivity contribution in [1.82, 2.24) is 0 Å². The summed E-state index contributed by atoms with van der Waals surface area (Å²) in [5.41, 5.74) is 1.61. The summed E-state index contributed by atoms with van der Waals surface area (Å²) in [7, 11) is 1.33. The molecule has 0 aromatic heterocycles. The number of aliphatic hydroxyl groups is 1. The van der Waals surface area contributed by atoms with Gasteiger partial charge in [0.15, 0.2) is 0 Å². The van der Waals surface area contributed by atoms with Crippen molar-refractivity contribution in [3.63, 3.8) is 0 Å². The number of carbonyl (C=O) groups is 2. The van der Waals surface area contributed by atoms with Gasteiger partial charge >= 0.3 is 5.97 Å². The molecule has 2 N–H and O–H groups in total. The van der Waals surface area contributed by atoms with Gasteiger partial charge in [-0.1, -0.05) is 0 Å². The zero-order valence-electron chi connectivity index (χ0n) is 16.5. The summed E-state index contributed by atoms with van der Waals surface area (Å²) < 4.78 is 22.4. The maximum Gasteiger partial charge on any atom is 0.308 e. The third kappa shape index (κ3) is 4.24. The van der Waals surface area contributed by atoms with Gasteiger partial charge in [-0.15, -0.1) is 0 Å². The van der Waals surface area contributed by atoms with Gasteiger partial charge < -0.3 is 29.4 Å². The van der Waals surface area contributed by atoms with Crippen molar-refractivity contribution in [2.24, 2.45) is 5.92 Å². The lowest BCUT2D eigenvalue weighted by atomic mass is 9.76. The molecule has 0 aliphatic carbocycles. The second kappa shape index (κ2) is 8.69. The second-order valence-corrected chi connectivity index (χ2v) is 7.80. The molecule has 0 spiro atoms. The Hall–Kier alpha value is -2.16. The zero-order valence-corrected chi connectivity index (χ0v) is 16.5. The van der Waals surface area contributed by atoms with E-state index in [0.717, 1.165) is 24.2 Å². The number of anilines is 1. The van der Waals surface area contributed by atoms with Crippen molar-refractivity contribution in [1.29, 1.82) is 0 Å². The number of esters is 1. The first-order valence-corrected chi connectivity index (χ1v) is 10.1. The highest BCUT2D eigenvalue weighted by Crippen LogP contribution is 2.46. The van der Waals surface area contributed by atoms with Gasteiger partial charge in [0.2, 0.25) is 5.91 Å². The van der Waals surface area contributed by atoms with Crippen LogP contribution in [0.5, 0.6) is 5.75 Å². The molecule has 0 saturated carbocycles. The van der Waals surface area contributed by atoms with Crippen molar-refractivity contribution in [3.8, 4) is 5.75 Å². The van der Waals surface area contributed by atoms with Gasteiger partial charge in [-0.3, -0.25) is 9.59 Å². The van der Waals surface area contributed by atoms with E-state index in [2.05, 4.69) is 5.32 Å². The number of rotatable bonds is 5. The minimum atomic E-state index is -0.700. The standard InChI is InChI=1S/C21H27NO7/c1-26-19(24)10-14-9-16-15-8-12(22-21(25)20(16)18(11-23)29-14)2-3-17(15)28-13-4-6-27-7-5-13/h2-3,8,13-14,16,18,20,23H,4-7,9-11H2,1H3,(H,22,25)/t14-,16-,18-,20+/m0/s1. The fourth-order valence-corrected chi connectivity index (χ4v) is 4.53. The zero-order chi connectivity index (χ0) is 20.4. The molecule has 8 heteroatoms. The number of aliphatic hydroxyl groups excluding tert-OH is 1. The summed E-state index contributed by atoms with van der Waals surface area (Å²) in [6.45, 7) is 1.04. The maximum atomic E-state index is 12.9. The van der Waals surface area contributed by atoms with Gasteiger partial charge in [-0.2, -0.15) is 0 Å². The molecule has 3 heterocycles. The van der Waals surface area contributed by atoms with Crippen molar-refractivity contribution in [2.75, 3.05) is 32.2 Å². The fourth-order valence-electron chi connectivity index (χ4n) is 4.53. The largest absolute Gasteiger partial charge is 0.490 e. The highest BCUT2D eigenvalue weighted by Gasteiger charge is 2.46. The highest BCUT2D eigenvalue weighted by molar-refractivity contribution is 5.95. The van der Waals surface area contributed by atoms with Gasteiger partial charge in [-0.25, -0.2) is 0 Å². The third-order valence-corrected chi connectivity index (χ3v) is 5.96. The van der Waals surface area contributed by atoms with E-state index in [1.54, 1.807) is 0 Å². The number of amides is 1. The molecule has 1 aromatic rings. The van der Waals surface area contributed by atoms with E-state index in [-0.39, 0.29) is 36.9 Å². The molecule has 0 radical (unpaired) electrons. The Morgan fingerprint density at radius 2 is 2.10 bits per heavy atom. The van der Waals surface area contributed by atoms with Crippen LogP contribution < -0.4 is 10.1 Å². The number of fused-ring (bicyclic) bond motifs is 4. The van der Waals surface area contributed by atoms with Crippen LogP contribution in [0.1, 0.15) is 37.2 Å². The van der Waals surface area contributed by atoms with E-state index in [1.807, 2.05) is 18.2 Å². The molecule has 4 rings (SSSR count). The van der Waals surface area contributed by atoms with Crippen LogP contribution in [0, 0.1) is 5.92 Å². The number of benzene rings is 1. The molecular formula is C21H27NO7. The Labute approximate surface area is 169 Å². The van der Waals surface area contributed by atoms with Crippen LogP contribution in [-0.4, -0.2) is 62.2 Å². The van der Waals surface area contributed by atoms with Crippen LogP contribution in [0.15, 0.2) is 18.2 Å². The van der Waals surface area contributed by atoms with Crippen LogP contribution in [-0.2, 0) is 23.8 Å². The number of hydrogen-bond acceptors (Lipinski definition) is 7. The number of carbonyl (C=O) groups excluding carboxylic acids is 2. The first-order chi connectivity index (χ1) is 14.1. The van der Waals surface area contributed by atoms with Crippen LogP contribution in [0.3, 0.4) is 0 Å². The van der Waals surface area contributed by atoms with E-state index in [1.165, 1.54) is 7.11 Å². The molecule has 0 unspecified atom stereocenters. The Kier molecular flexibility index (Phi) is 6.03. The van der Waals surface area contributed by atoms with Crippen molar-refractivity contribution < 1.29 is 33.6 Å². The van der Waals surface area contributed by atoms with Gasteiger partial charge in [0.05, 0.1) is 51.5 Å². The topological polar surface area (TPSA) is 103 Å². The molecule has 1 aromatic carbocycles. The molecule has 1 amide bonds. The molecule has 2 fully saturated rings. The summed E-state index contributed by atoms with van der Waals surface area (Å²) in [5.74, 6) is -0.624. The molecule has 3 aliphatic rings. The Balaban J connectivity index is 1.65. The van der Waals surface area contributed by atoms with Crippen molar-refractivity contribution in [3.05, 3.63) is 23.8 Å². The van der Waals surface area contributed by atoms with Gasteiger partial charge in [0, 0.05) is 30.0 Å². The first kappa shape index (κ1) is 20.1. The maximum absolute atomic E-state index is 12.9. The molecule has 29 heavy (non-hydrogen) atoms. The summed E-state index contributed by atoms with van der Waals surface area (Å²) in [6, 6.07) is 5.65. The van der Waals surface area contributed by atoms with Gasteiger partial charge in [0.1, 0.15) is 11.9 Å². The van der Waals surface area contributed by atoms with E-state index >= 15 is 0 Å². The molecule has 158 valence electrons. The van der Waals surface area contributed by atoms with Gasteiger partial charge in [0.25, 0.3) is 0 Å².